The number of nitrogens with zero attached hydrogens (tertiary/aromatic N) is 2. The number of halogens is 2. The molecule has 0 saturated heterocycles. The average molecular weight is 362 g/mol. The van der Waals surface area contributed by atoms with Gasteiger partial charge in [0.1, 0.15) is 0 Å². The minimum atomic E-state index is -0.360. The van der Waals surface area contributed by atoms with Crippen LogP contribution in [0.1, 0.15) is 24.0 Å². The number of guanidine groups is 1. The Balaban J connectivity index is 1.96. The lowest BCUT2D eigenvalue weighted by atomic mass is 9.81. The van der Waals surface area contributed by atoms with Crippen molar-refractivity contribution in [1.29, 1.82) is 0 Å². The summed E-state index contributed by atoms with van der Waals surface area (Å²) in [5, 5.41) is 1.12. The topological polar surface area (TPSA) is 41.6 Å². The molecule has 3 rings (SSSR count). The van der Waals surface area contributed by atoms with Crippen LogP contribution in [0.25, 0.3) is 0 Å². The Morgan fingerprint density at radius 2 is 1.88 bits per heavy atom. The van der Waals surface area contributed by atoms with Gasteiger partial charge in [-0.1, -0.05) is 59.6 Å². The van der Waals surface area contributed by atoms with Crippen LogP contribution < -0.4 is 5.73 Å². The largest absolute Gasteiger partial charge is 0.370 e. The van der Waals surface area contributed by atoms with Crippen LogP contribution in [0.15, 0.2) is 53.5 Å². The van der Waals surface area contributed by atoms with Gasteiger partial charge in [-0.2, -0.15) is 0 Å². The Hall–Kier alpha value is -1.71. The summed E-state index contributed by atoms with van der Waals surface area (Å²) >= 11 is 12.3. The van der Waals surface area contributed by atoms with Crippen molar-refractivity contribution in [1.82, 2.24) is 4.90 Å². The van der Waals surface area contributed by atoms with Crippen LogP contribution in [0.5, 0.6) is 0 Å². The van der Waals surface area contributed by atoms with E-state index in [2.05, 4.69) is 24.3 Å². The van der Waals surface area contributed by atoms with Crippen LogP contribution in [-0.4, -0.2) is 24.5 Å². The molecule has 2 aromatic carbocycles. The highest BCUT2D eigenvalue weighted by Crippen LogP contribution is 2.39. The fourth-order valence-electron chi connectivity index (χ4n) is 3.14. The number of hydrogen-bond donors (Lipinski definition) is 1. The van der Waals surface area contributed by atoms with Crippen LogP contribution in [0.4, 0.5) is 0 Å². The Labute approximate surface area is 153 Å². The van der Waals surface area contributed by atoms with E-state index in [-0.39, 0.29) is 5.54 Å². The van der Waals surface area contributed by atoms with Gasteiger partial charge in [0.25, 0.3) is 0 Å². The van der Waals surface area contributed by atoms with Crippen molar-refractivity contribution >= 4 is 29.2 Å². The van der Waals surface area contributed by atoms with Gasteiger partial charge in [-0.05, 0) is 42.5 Å². The van der Waals surface area contributed by atoms with E-state index in [1.54, 1.807) is 0 Å². The van der Waals surface area contributed by atoms with Crippen LogP contribution in [0, 0.1) is 0 Å². The number of rotatable bonds is 4. The van der Waals surface area contributed by atoms with Crippen LogP contribution in [0.2, 0.25) is 10.0 Å². The van der Waals surface area contributed by atoms with Gasteiger partial charge in [-0.25, -0.2) is 4.99 Å². The summed E-state index contributed by atoms with van der Waals surface area (Å²) in [4.78, 5) is 6.85. The first-order valence-electron chi connectivity index (χ1n) is 8.06. The first kappa shape index (κ1) is 17.1. The van der Waals surface area contributed by atoms with Crippen molar-refractivity contribution in [3.05, 3.63) is 69.7 Å². The van der Waals surface area contributed by atoms with Gasteiger partial charge in [-0.3, -0.25) is 0 Å². The lowest BCUT2D eigenvalue weighted by Gasteiger charge is -2.38. The second-order valence-electron chi connectivity index (χ2n) is 6.29. The molecule has 1 heterocycles. The molecule has 0 amide bonds. The summed E-state index contributed by atoms with van der Waals surface area (Å²) in [5.74, 6) is 0.570. The van der Waals surface area contributed by atoms with E-state index in [4.69, 9.17) is 33.9 Å². The predicted octanol–water partition coefficient (Wildman–Crippen LogP) is 4.47. The standard InChI is InChI=1S/C19H21Cl2N3/c1-24-12-11-19(23-18(24)22,10-9-14-5-3-2-4-6-14)15-7-8-16(20)17(21)13-15/h2-8,13H,9-12H2,1H3,(H2,22,23). The Morgan fingerprint density at radius 3 is 2.54 bits per heavy atom. The maximum absolute atomic E-state index is 6.26. The summed E-state index contributed by atoms with van der Waals surface area (Å²) in [6, 6.07) is 16.2. The van der Waals surface area contributed by atoms with E-state index in [9.17, 15) is 0 Å². The van der Waals surface area contributed by atoms with Gasteiger partial charge >= 0.3 is 0 Å². The molecule has 1 aliphatic heterocycles. The fourth-order valence-corrected chi connectivity index (χ4v) is 3.44. The van der Waals surface area contributed by atoms with Gasteiger partial charge in [0.05, 0.1) is 15.6 Å². The number of hydrogen-bond acceptors (Lipinski definition) is 3. The van der Waals surface area contributed by atoms with E-state index in [1.165, 1.54) is 5.56 Å². The fraction of sp³-hybridized carbons (Fsp3) is 0.316. The molecule has 0 fully saturated rings. The van der Waals surface area contributed by atoms with E-state index in [0.717, 1.165) is 31.4 Å². The summed E-state index contributed by atoms with van der Waals surface area (Å²) in [5.41, 5.74) is 8.15. The van der Waals surface area contributed by atoms with Crippen molar-refractivity contribution in [3.8, 4) is 0 Å². The SMILES string of the molecule is CN1CCC(CCc2ccccc2)(c2ccc(Cl)c(Cl)c2)N=C1N. The zero-order chi connectivity index (χ0) is 17.2. The zero-order valence-electron chi connectivity index (χ0n) is 13.7. The highest BCUT2D eigenvalue weighted by atomic mass is 35.5. The van der Waals surface area contributed by atoms with Crippen LogP contribution >= 0.6 is 23.2 Å². The summed E-state index contributed by atoms with van der Waals surface area (Å²) < 4.78 is 0. The molecule has 2 aromatic rings. The number of benzene rings is 2. The zero-order valence-corrected chi connectivity index (χ0v) is 15.2. The Morgan fingerprint density at radius 1 is 1.12 bits per heavy atom. The molecule has 3 nitrogen and oxygen atoms in total. The van der Waals surface area contributed by atoms with E-state index < -0.39 is 0 Å². The highest BCUT2D eigenvalue weighted by Gasteiger charge is 2.35. The normalized spacial score (nSPS) is 20.8. The molecule has 1 atom stereocenters. The lowest BCUT2D eigenvalue weighted by molar-refractivity contribution is 0.300. The third-order valence-electron chi connectivity index (χ3n) is 4.71. The molecule has 126 valence electrons. The van der Waals surface area contributed by atoms with Gasteiger partial charge in [0, 0.05) is 13.6 Å². The van der Waals surface area contributed by atoms with Gasteiger partial charge in [0.15, 0.2) is 5.96 Å². The molecule has 5 heteroatoms. The van der Waals surface area contributed by atoms with Gasteiger partial charge in [-0.15, -0.1) is 0 Å². The summed E-state index contributed by atoms with van der Waals surface area (Å²) in [6.07, 6.45) is 2.71. The van der Waals surface area contributed by atoms with Crippen molar-refractivity contribution in [2.75, 3.05) is 13.6 Å². The van der Waals surface area contributed by atoms with Gasteiger partial charge < -0.3 is 10.6 Å². The lowest BCUT2D eigenvalue weighted by Crippen LogP contribution is -2.45. The molecule has 0 aromatic heterocycles. The van der Waals surface area contributed by atoms with E-state index >= 15 is 0 Å². The summed E-state index contributed by atoms with van der Waals surface area (Å²) in [7, 11) is 1.97. The second-order valence-corrected chi connectivity index (χ2v) is 7.10. The van der Waals surface area contributed by atoms with Crippen molar-refractivity contribution < 1.29 is 0 Å². The van der Waals surface area contributed by atoms with Crippen molar-refractivity contribution in [3.63, 3.8) is 0 Å². The molecular weight excluding hydrogens is 341 g/mol. The quantitative estimate of drug-likeness (QED) is 0.872. The van der Waals surface area contributed by atoms with Crippen molar-refractivity contribution in [2.45, 2.75) is 24.8 Å². The predicted molar refractivity (Wildman–Crippen MR) is 102 cm³/mol. The minimum Gasteiger partial charge on any atom is -0.370 e. The highest BCUT2D eigenvalue weighted by molar-refractivity contribution is 6.42. The smallest absolute Gasteiger partial charge is 0.191 e. The molecule has 0 radical (unpaired) electrons. The molecule has 0 spiro atoms. The van der Waals surface area contributed by atoms with E-state index in [1.807, 2.05) is 36.2 Å². The maximum atomic E-state index is 6.26. The second kappa shape index (κ2) is 7.04. The number of nitrogens with two attached hydrogens (primary N) is 1. The molecule has 0 aliphatic carbocycles. The Kier molecular flexibility index (Phi) is 5.02. The molecule has 2 N–H and O–H groups in total. The first-order chi connectivity index (χ1) is 11.5. The molecular formula is C19H21Cl2N3. The molecule has 1 aliphatic rings. The third-order valence-corrected chi connectivity index (χ3v) is 5.45. The van der Waals surface area contributed by atoms with Gasteiger partial charge in [0.2, 0.25) is 0 Å². The minimum absolute atomic E-state index is 0.360. The van der Waals surface area contributed by atoms with Crippen LogP contribution in [-0.2, 0) is 12.0 Å². The molecule has 0 bridgehead atoms. The van der Waals surface area contributed by atoms with Crippen molar-refractivity contribution in [2.24, 2.45) is 10.7 Å². The molecule has 1 unspecified atom stereocenters. The molecule has 24 heavy (non-hydrogen) atoms. The maximum Gasteiger partial charge on any atom is 0.191 e. The number of aryl methyl sites for hydroxylation is 1. The summed E-state index contributed by atoms with van der Waals surface area (Å²) in [6.45, 7) is 0.865. The average Bonchev–Trinajstić information content (AvgIpc) is 2.59. The first-order valence-corrected chi connectivity index (χ1v) is 8.82. The third kappa shape index (κ3) is 3.52. The number of aliphatic imine (C=N–C) groups is 1. The molecule has 0 saturated carbocycles. The van der Waals surface area contributed by atoms with E-state index in [0.29, 0.717) is 16.0 Å². The monoisotopic (exact) mass is 361 g/mol. The van der Waals surface area contributed by atoms with Crippen LogP contribution in [0.3, 0.4) is 0 Å². The Bertz CT molecular complexity index is 746.